The second-order valence-electron chi connectivity index (χ2n) is 5.72. The number of hydrogen-bond donors (Lipinski definition) is 1. The topological polar surface area (TPSA) is 117 Å². The molecule has 1 heterocycles. The number of rotatable bonds is 6. The van der Waals surface area contributed by atoms with Gasteiger partial charge in [-0.2, -0.15) is 5.26 Å². The van der Waals surface area contributed by atoms with Gasteiger partial charge < -0.3 is 4.74 Å². The van der Waals surface area contributed by atoms with E-state index in [0.717, 1.165) is 4.31 Å². The fraction of sp³-hybridized carbons (Fsp3) is 0.500. The lowest BCUT2D eigenvalue weighted by atomic mass is 10.1. The fourth-order valence-electron chi connectivity index (χ4n) is 2.29. The highest BCUT2D eigenvalue weighted by Crippen LogP contribution is 2.20. The van der Waals surface area contributed by atoms with Crippen molar-refractivity contribution >= 4 is 20.0 Å². The van der Waals surface area contributed by atoms with Gasteiger partial charge in [0.05, 0.1) is 41.5 Å². The minimum Gasteiger partial charge on any atom is -0.379 e. The first-order chi connectivity index (χ1) is 11.2. The summed E-state index contributed by atoms with van der Waals surface area (Å²) in [7, 11) is -4.42. The van der Waals surface area contributed by atoms with Crippen LogP contribution < -0.4 is 4.72 Å². The van der Waals surface area contributed by atoms with Crippen LogP contribution in [0.25, 0.3) is 0 Å². The van der Waals surface area contributed by atoms with E-state index in [1.54, 1.807) is 0 Å². The van der Waals surface area contributed by atoms with Gasteiger partial charge in [-0.25, -0.2) is 25.9 Å². The molecule has 1 fully saturated rings. The molecular weight excluding hydrogens is 354 g/mol. The predicted octanol–water partition coefficient (Wildman–Crippen LogP) is -0.257. The maximum Gasteiger partial charge on any atom is 0.240 e. The molecule has 0 amide bonds. The van der Waals surface area contributed by atoms with Gasteiger partial charge in [0.15, 0.2) is 0 Å². The second-order valence-corrected chi connectivity index (χ2v) is 9.66. The molecule has 1 N–H and O–H groups in total. The molecule has 132 valence electrons. The third kappa shape index (κ3) is 4.31. The van der Waals surface area contributed by atoms with Crippen LogP contribution in [-0.2, 0) is 24.8 Å². The number of ether oxygens (including phenoxy) is 1. The molecule has 8 nitrogen and oxygen atoms in total. The summed E-state index contributed by atoms with van der Waals surface area (Å²) >= 11 is 0. The Morgan fingerprint density at radius 2 is 1.83 bits per heavy atom. The average Bonchev–Trinajstić information content (AvgIpc) is 2.92. The molecule has 0 aliphatic carbocycles. The van der Waals surface area contributed by atoms with E-state index in [1.807, 2.05) is 6.07 Å². The Labute approximate surface area is 142 Å². The first-order valence-electron chi connectivity index (χ1n) is 7.16. The highest BCUT2D eigenvalue weighted by molar-refractivity contribution is 7.89. The van der Waals surface area contributed by atoms with Gasteiger partial charge >= 0.3 is 0 Å². The van der Waals surface area contributed by atoms with Crippen LogP contribution in [0.2, 0.25) is 0 Å². The molecule has 0 radical (unpaired) electrons. The molecule has 1 aliphatic rings. The number of nitrogens with one attached hydrogen (secondary N) is 1. The van der Waals surface area contributed by atoms with Crippen LogP contribution in [0.3, 0.4) is 0 Å². The van der Waals surface area contributed by atoms with Crippen LogP contribution >= 0.6 is 0 Å². The number of nitriles is 1. The van der Waals surface area contributed by atoms with E-state index in [0.29, 0.717) is 5.56 Å². The van der Waals surface area contributed by atoms with Crippen molar-refractivity contribution in [1.29, 1.82) is 5.26 Å². The van der Waals surface area contributed by atoms with Crippen molar-refractivity contribution in [2.45, 2.75) is 10.9 Å². The maximum absolute atomic E-state index is 12.4. The molecule has 0 saturated carbocycles. The molecule has 1 saturated heterocycles. The SMILES string of the molecule is CN(C)S(=O)(=O)C[C@@H]1COC[C@@H]1NS(=O)(=O)c1ccc(C#N)cc1. The maximum atomic E-state index is 12.4. The minimum absolute atomic E-state index is 0.0163. The first-order valence-corrected chi connectivity index (χ1v) is 10.3. The Hall–Kier alpha value is -1.51. The van der Waals surface area contributed by atoms with E-state index in [9.17, 15) is 16.8 Å². The van der Waals surface area contributed by atoms with Gasteiger partial charge in [-0.3, -0.25) is 0 Å². The molecule has 1 aromatic carbocycles. The highest BCUT2D eigenvalue weighted by Gasteiger charge is 2.35. The van der Waals surface area contributed by atoms with E-state index < -0.39 is 32.0 Å². The summed E-state index contributed by atoms with van der Waals surface area (Å²) in [6.45, 7) is 0.288. The zero-order valence-corrected chi connectivity index (χ0v) is 15.0. The third-order valence-corrected chi connectivity index (χ3v) is 7.25. The van der Waals surface area contributed by atoms with E-state index >= 15 is 0 Å². The van der Waals surface area contributed by atoms with Crippen LogP contribution in [0.15, 0.2) is 29.2 Å². The number of sulfonamides is 2. The lowest BCUT2D eigenvalue weighted by Gasteiger charge is -2.21. The highest BCUT2D eigenvalue weighted by atomic mass is 32.2. The van der Waals surface area contributed by atoms with Crippen molar-refractivity contribution in [2.75, 3.05) is 33.1 Å². The normalized spacial score (nSPS) is 21.8. The number of nitrogens with zero attached hydrogens (tertiary/aromatic N) is 2. The molecule has 10 heteroatoms. The molecule has 0 spiro atoms. The van der Waals surface area contributed by atoms with Gasteiger partial charge in [0.25, 0.3) is 0 Å². The molecule has 24 heavy (non-hydrogen) atoms. The Morgan fingerprint density at radius 1 is 1.21 bits per heavy atom. The van der Waals surface area contributed by atoms with Gasteiger partial charge in [-0.15, -0.1) is 0 Å². The fourth-order valence-corrected chi connectivity index (χ4v) is 4.75. The molecule has 0 bridgehead atoms. The third-order valence-electron chi connectivity index (χ3n) is 3.78. The standard InChI is InChI=1S/C14H19N3O5S2/c1-17(2)23(18,19)10-12-8-22-9-14(12)16-24(20,21)13-5-3-11(7-15)4-6-13/h3-6,12,14,16H,8-10H2,1-2H3/t12-,14-/m0/s1. The summed E-state index contributed by atoms with van der Waals surface area (Å²) in [6.07, 6.45) is 0. The minimum atomic E-state index is -3.83. The molecular formula is C14H19N3O5S2. The van der Waals surface area contributed by atoms with E-state index in [4.69, 9.17) is 10.00 Å². The Kier molecular flexibility index (Phi) is 5.62. The number of hydrogen-bond acceptors (Lipinski definition) is 6. The van der Waals surface area contributed by atoms with Crippen molar-refractivity contribution in [3.8, 4) is 6.07 Å². The molecule has 2 rings (SSSR count). The monoisotopic (exact) mass is 373 g/mol. The lowest BCUT2D eigenvalue weighted by Crippen LogP contribution is -2.43. The Morgan fingerprint density at radius 3 is 2.38 bits per heavy atom. The summed E-state index contributed by atoms with van der Waals surface area (Å²) in [5.41, 5.74) is 0.355. The predicted molar refractivity (Wildman–Crippen MR) is 87.0 cm³/mol. The second kappa shape index (κ2) is 7.16. The lowest BCUT2D eigenvalue weighted by molar-refractivity contribution is 0.185. The van der Waals surface area contributed by atoms with Crippen molar-refractivity contribution in [3.63, 3.8) is 0 Å². The molecule has 2 atom stereocenters. The summed E-state index contributed by atoms with van der Waals surface area (Å²) in [4.78, 5) is 0.0163. The van der Waals surface area contributed by atoms with Crippen molar-refractivity contribution < 1.29 is 21.6 Å². The van der Waals surface area contributed by atoms with Crippen molar-refractivity contribution in [3.05, 3.63) is 29.8 Å². The van der Waals surface area contributed by atoms with E-state index in [1.165, 1.54) is 38.4 Å². The Balaban J connectivity index is 2.14. The summed E-state index contributed by atoms with van der Waals surface area (Å²) < 4.78 is 57.7. The largest absolute Gasteiger partial charge is 0.379 e. The van der Waals surface area contributed by atoms with Gasteiger partial charge in [0, 0.05) is 20.0 Å². The first kappa shape index (κ1) is 18.8. The molecule has 0 unspecified atom stereocenters. The van der Waals surface area contributed by atoms with E-state index in [-0.39, 0.29) is 23.9 Å². The van der Waals surface area contributed by atoms with Gasteiger partial charge in [-0.1, -0.05) is 0 Å². The average molecular weight is 373 g/mol. The van der Waals surface area contributed by atoms with Crippen LogP contribution in [-0.4, -0.2) is 60.2 Å². The smallest absolute Gasteiger partial charge is 0.240 e. The van der Waals surface area contributed by atoms with Gasteiger partial charge in [-0.05, 0) is 24.3 Å². The van der Waals surface area contributed by atoms with Crippen LogP contribution in [0, 0.1) is 17.2 Å². The quantitative estimate of drug-likeness (QED) is 0.734. The zero-order valence-electron chi connectivity index (χ0n) is 13.3. The van der Waals surface area contributed by atoms with Crippen LogP contribution in [0.1, 0.15) is 5.56 Å². The summed E-state index contributed by atoms with van der Waals surface area (Å²) in [5.74, 6) is -0.661. The van der Waals surface area contributed by atoms with Crippen LogP contribution in [0.5, 0.6) is 0 Å². The molecule has 0 aromatic heterocycles. The van der Waals surface area contributed by atoms with Gasteiger partial charge in [0.2, 0.25) is 20.0 Å². The Bertz CT molecular complexity index is 826. The van der Waals surface area contributed by atoms with Crippen molar-refractivity contribution in [1.82, 2.24) is 9.03 Å². The summed E-state index contributed by atoms with van der Waals surface area (Å²) in [6, 6.07) is 6.78. The van der Waals surface area contributed by atoms with E-state index in [2.05, 4.69) is 4.72 Å². The van der Waals surface area contributed by atoms with Crippen molar-refractivity contribution in [2.24, 2.45) is 5.92 Å². The molecule has 1 aromatic rings. The molecule has 1 aliphatic heterocycles. The number of benzene rings is 1. The summed E-state index contributed by atoms with van der Waals surface area (Å²) in [5, 5.41) is 8.76. The van der Waals surface area contributed by atoms with Gasteiger partial charge in [0.1, 0.15) is 0 Å². The van der Waals surface area contributed by atoms with Crippen LogP contribution in [0.4, 0.5) is 0 Å². The zero-order chi connectivity index (χ0) is 18.0.